The monoisotopic (exact) mass is 481 g/mol. The zero-order valence-corrected chi connectivity index (χ0v) is 20.1. The summed E-state index contributed by atoms with van der Waals surface area (Å²) in [7, 11) is 0. The maximum Gasteiger partial charge on any atom is 0.318 e. The lowest BCUT2D eigenvalue weighted by Gasteiger charge is -2.42. The molecule has 2 saturated heterocycles. The van der Waals surface area contributed by atoms with Crippen molar-refractivity contribution in [2.75, 3.05) is 26.2 Å². The van der Waals surface area contributed by atoms with Crippen molar-refractivity contribution in [2.24, 2.45) is 5.41 Å². The molecule has 1 saturated carbocycles. The first kappa shape index (κ1) is 24.1. The number of urea groups is 1. The van der Waals surface area contributed by atoms with E-state index in [2.05, 4.69) is 5.32 Å². The topological polar surface area (TPSA) is 79.0 Å². The molecule has 0 bridgehead atoms. The Labute approximate surface area is 206 Å². The molecule has 2 heterocycles. The van der Waals surface area contributed by atoms with Crippen LogP contribution < -0.4 is 10.1 Å². The second-order valence-electron chi connectivity index (χ2n) is 9.37. The van der Waals surface area contributed by atoms with Gasteiger partial charge in [-0.2, -0.15) is 13.5 Å². The molecule has 2 atom stereocenters. The molecule has 0 spiro atoms. The molecule has 34 heavy (non-hydrogen) atoms. The van der Waals surface area contributed by atoms with Crippen LogP contribution in [0.25, 0.3) is 0 Å². The van der Waals surface area contributed by atoms with E-state index in [0.29, 0.717) is 31.7 Å². The number of benzene rings is 2. The molecular weight excluding hydrogens is 450 g/mol. The first-order valence-corrected chi connectivity index (χ1v) is 11.7. The van der Waals surface area contributed by atoms with Crippen LogP contribution in [0.3, 0.4) is 0 Å². The number of likely N-dealkylation sites (tertiary alicyclic amines) is 2. The van der Waals surface area contributed by atoms with Gasteiger partial charge in [0.15, 0.2) is 5.78 Å². The number of nitrogens with one attached hydrogen (secondary N) is 1. The Hall–Kier alpha value is -3.00. The quantitative estimate of drug-likeness (QED) is 0.687. The maximum atomic E-state index is 13.1. The molecule has 3 amide bonds. The number of para-hydroxylation sites is 1. The fourth-order valence-corrected chi connectivity index (χ4v) is 5.23. The summed E-state index contributed by atoms with van der Waals surface area (Å²) in [6.07, 6.45) is 3.75. The third kappa shape index (κ3) is 4.64. The third-order valence-electron chi connectivity index (χ3n) is 7.28. The summed E-state index contributed by atoms with van der Waals surface area (Å²) < 4.78 is 5.98. The molecule has 3 fully saturated rings. The Balaban J connectivity index is 0.00000274. The number of Topliss-reactive ketones (excluding diaryl/α,β-unsaturated/α-hetero) is 1. The molecule has 3 aliphatic rings. The third-order valence-corrected chi connectivity index (χ3v) is 7.28. The minimum Gasteiger partial charge on any atom is -0.493 e. The molecule has 0 aromatic heterocycles. The molecule has 7 nitrogen and oxygen atoms in total. The molecule has 180 valence electrons. The zero-order chi connectivity index (χ0) is 22.8. The van der Waals surface area contributed by atoms with Gasteiger partial charge in [0.2, 0.25) is 0 Å². The average Bonchev–Trinajstić information content (AvgIpc) is 3.40. The number of ether oxygens (including phenoxy) is 1. The second-order valence-corrected chi connectivity index (χ2v) is 9.37. The van der Waals surface area contributed by atoms with Crippen LogP contribution in [-0.2, 0) is 4.79 Å². The van der Waals surface area contributed by atoms with Gasteiger partial charge in [-0.1, -0.05) is 42.8 Å². The van der Waals surface area contributed by atoms with E-state index in [-0.39, 0.29) is 49.2 Å². The molecule has 0 radical (unpaired) electrons. The minimum absolute atomic E-state index is 0. The van der Waals surface area contributed by atoms with E-state index in [1.54, 1.807) is 21.9 Å². The van der Waals surface area contributed by atoms with Gasteiger partial charge in [0.05, 0.1) is 19.2 Å². The highest BCUT2D eigenvalue weighted by Crippen LogP contribution is 2.41. The van der Waals surface area contributed by atoms with Gasteiger partial charge >= 0.3 is 6.03 Å². The van der Waals surface area contributed by atoms with E-state index in [4.69, 9.17) is 4.74 Å². The van der Waals surface area contributed by atoms with E-state index in [1.807, 2.05) is 48.5 Å². The van der Waals surface area contributed by atoms with E-state index in [0.717, 1.165) is 25.0 Å². The molecule has 2 aromatic rings. The lowest BCUT2D eigenvalue weighted by atomic mass is 9.69. The Morgan fingerprint density at radius 1 is 1.00 bits per heavy atom. The molecule has 2 aliphatic heterocycles. The predicted molar refractivity (Wildman–Crippen MR) is 133 cm³/mol. The highest BCUT2D eigenvalue weighted by Gasteiger charge is 2.51. The molecule has 8 heteroatoms. The SMILES string of the molecule is O=C1CN(C(=O)c2ccccc2)[C@@H]2CCN(C(=O)NCC3(COc4ccccc4)CCC3)[C@H]12.S. The minimum atomic E-state index is -0.560. The van der Waals surface area contributed by atoms with E-state index in [1.165, 1.54) is 0 Å². The number of rotatable bonds is 6. The van der Waals surface area contributed by atoms with E-state index < -0.39 is 6.04 Å². The normalized spacial score (nSPS) is 22.4. The average molecular weight is 482 g/mol. The smallest absolute Gasteiger partial charge is 0.318 e. The number of hydrogen-bond acceptors (Lipinski definition) is 4. The molecule has 1 aliphatic carbocycles. The van der Waals surface area contributed by atoms with Gasteiger partial charge in [-0.25, -0.2) is 4.79 Å². The summed E-state index contributed by atoms with van der Waals surface area (Å²) in [5.41, 5.74) is 0.499. The van der Waals surface area contributed by atoms with Crippen LogP contribution in [-0.4, -0.2) is 65.8 Å². The van der Waals surface area contributed by atoms with Crippen molar-refractivity contribution in [3.8, 4) is 5.75 Å². The van der Waals surface area contributed by atoms with Gasteiger partial charge in [0.1, 0.15) is 11.8 Å². The van der Waals surface area contributed by atoms with Crippen molar-refractivity contribution in [1.29, 1.82) is 0 Å². The van der Waals surface area contributed by atoms with Crippen molar-refractivity contribution in [3.63, 3.8) is 0 Å². The summed E-state index contributed by atoms with van der Waals surface area (Å²) in [4.78, 5) is 42.1. The van der Waals surface area contributed by atoms with Crippen LogP contribution in [0.5, 0.6) is 5.75 Å². The van der Waals surface area contributed by atoms with Crippen LogP contribution in [0.2, 0.25) is 0 Å². The highest BCUT2D eigenvalue weighted by atomic mass is 32.1. The fourth-order valence-electron chi connectivity index (χ4n) is 5.23. The second kappa shape index (κ2) is 10.1. The lowest BCUT2D eigenvalue weighted by Crippen LogP contribution is -2.52. The lowest BCUT2D eigenvalue weighted by molar-refractivity contribution is -0.119. The number of carbonyl (C=O) groups excluding carboxylic acids is 3. The number of fused-ring (bicyclic) bond motifs is 1. The number of amides is 3. The molecule has 2 aromatic carbocycles. The van der Waals surface area contributed by atoms with Gasteiger partial charge in [-0.3, -0.25) is 9.59 Å². The van der Waals surface area contributed by atoms with Crippen molar-refractivity contribution in [1.82, 2.24) is 15.1 Å². The summed E-state index contributed by atoms with van der Waals surface area (Å²) >= 11 is 0. The van der Waals surface area contributed by atoms with Gasteiger partial charge < -0.3 is 19.9 Å². The van der Waals surface area contributed by atoms with Crippen LogP contribution in [0.1, 0.15) is 36.0 Å². The van der Waals surface area contributed by atoms with Gasteiger partial charge in [-0.15, -0.1) is 0 Å². The van der Waals surface area contributed by atoms with Crippen molar-refractivity contribution in [2.45, 2.75) is 37.8 Å². The zero-order valence-electron chi connectivity index (χ0n) is 19.1. The Kier molecular flexibility index (Phi) is 7.16. The number of ketones is 1. The predicted octanol–water partition coefficient (Wildman–Crippen LogP) is 3.23. The summed E-state index contributed by atoms with van der Waals surface area (Å²) in [5, 5.41) is 3.06. The van der Waals surface area contributed by atoms with Crippen LogP contribution in [0, 0.1) is 5.41 Å². The largest absolute Gasteiger partial charge is 0.493 e. The number of hydrogen-bond donors (Lipinski definition) is 1. The number of nitrogens with zero attached hydrogens (tertiary/aromatic N) is 2. The summed E-state index contributed by atoms with van der Waals surface area (Å²) in [6, 6.07) is 17.7. The van der Waals surface area contributed by atoms with E-state index >= 15 is 0 Å². The van der Waals surface area contributed by atoms with Gasteiger partial charge in [0, 0.05) is 24.1 Å². The standard InChI is InChI=1S/C26H29N3O4.H2S/c30-22-16-29(24(31)19-8-3-1-4-9-19)21-12-15-28(23(21)22)25(32)27-17-26(13-7-14-26)18-33-20-10-5-2-6-11-20;/h1-6,8-11,21,23H,7,12-18H2,(H,27,32);1H2/t21-,23+;/m1./s1. The summed E-state index contributed by atoms with van der Waals surface area (Å²) in [6.45, 7) is 1.61. The molecule has 1 N–H and O–H groups in total. The molecule has 0 unspecified atom stereocenters. The van der Waals surface area contributed by atoms with Crippen LogP contribution in [0.4, 0.5) is 4.79 Å². The van der Waals surface area contributed by atoms with Crippen molar-refractivity contribution < 1.29 is 19.1 Å². The first-order chi connectivity index (χ1) is 16.1. The van der Waals surface area contributed by atoms with Crippen LogP contribution >= 0.6 is 13.5 Å². The number of carbonyl (C=O) groups is 3. The first-order valence-electron chi connectivity index (χ1n) is 11.7. The summed E-state index contributed by atoms with van der Waals surface area (Å²) in [5.74, 6) is 0.616. The highest BCUT2D eigenvalue weighted by molar-refractivity contribution is 7.59. The maximum absolute atomic E-state index is 13.1. The van der Waals surface area contributed by atoms with Crippen LogP contribution in [0.15, 0.2) is 60.7 Å². The fraction of sp³-hybridized carbons (Fsp3) is 0.423. The Bertz CT molecular complexity index is 1030. The van der Waals surface area contributed by atoms with E-state index in [9.17, 15) is 14.4 Å². The molecular formula is C26H31N3O4S. The van der Waals surface area contributed by atoms with Gasteiger partial charge in [0.25, 0.3) is 5.91 Å². The molecule has 5 rings (SSSR count). The van der Waals surface area contributed by atoms with Crippen molar-refractivity contribution >= 4 is 31.2 Å². The Morgan fingerprint density at radius 2 is 1.68 bits per heavy atom. The van der Waals surface area contributed by atoms with Gasteiger partial charge in [-0.05, 0) is 43.5 Å². The van der Waals surface area contributed by atoms with Crippen molar-refractivity contribution in [3.05, 3.63) is 66.2 Å². The Morgan fingerprint density at radius 3 is 2.32 bits per heavy atom.